The molecule has 0 N–H and O–H groups in total. The molecule has 1 aromatic heterocycles. The van der Waals surface area contributed by atoms with E-state index in [1.54, 1.807) is 18.4 Å². The number of thiophene rings is 1. The van der Waals surface area contributed by atoms with E-state index in [-0.39, 0.29) is 5.91 Å². The average molecular weight is 324 g/mol. The lowest BCUT2D eigenvalue weighted by molar-refractivity contribution is 0.0328. The first-order chi connectivity index (χ1) is 10.8. The van der Waals surface area contributed by atoms with Crippen molar-refractivity contribution in [3.05, 3.63) is 22.4 Å². The molecule has 1 amide bonds. The number of piperidine rings is 1. The number of carbonyl (C=O) groups excluding carboxylic acids is 1. The minimum absolute atomic E-state index is 0.163. The van der Waals surface area contributed by atoms with Crippen molar-refractivity contribution in [2.45, 2.75) is 12.5 Å². The summed E-state index contributed by atoms with van der Waals surface area (Å²) >= 11 is 1.58. The molecular formula is C16H24N2O3S. The van der Waals surface area contributed by atoms with Crippen LogP contribution in [0.2, 0.25) is 0 Å². The highest BCUT2D eigenvalue weighted by Gasteiger charge is 2.36. The maximum atomic E-state index is 12.6. The van der Waals surface area contributed by atoms with Crippen LogP contribution in [-0.2, 0) is 9.47 Å². The summed E-state index contributed by atoms with van der Waals surface area (Å²) in [5.74, 6) is 0.683. The monoisotopic (exact) mass is 324 g/mol. The molecular weight excluding hydrogens is 300 g/mol. The zero-order chi connectivity index (χ0) is 15.4. The summed E-state index contributed by atoms with van der Waals surface area (Å²) in [6.07, 6.45) is 1.02. The first-order valence-corrected chi connectivity index (χ1v) is 8.86. The molecule has 2 aliphatic rings. The van der Waals surface area contributed by atoms with Crippen LogP contribution >= 0.6 is 11.3 Å². The van der Waals surface area contributed by atoms with Gasteiger partial charge in [-0.1, -0.05) is 0 Å². The first-order valence-electron chi connectivity index (χ1n) is 7.92. The number of amides is 1. The zero-order valence-electron chi connectivity index (χ0n) is 13.1. The smallest absolute Gasteiger partial charge is 0.254 e. The Balaban J connectivity index is 1.69. The number of fused-ring (bicyclic) bond motifs is 1. The molecule has 3 rings (SSSR count). The summed E-state index contributed by atoms with van der Waals surface area (Å²) in [4.78, 5) is 17.0. The Labute approximate surface area is 135 Å². The normalized spacial score (nSPS) is 26.5. The minimum atomic E-state index is 0.163. The van der Waals surface area contributed by atoms with Gasteiger partial charge >= 0.3 is 0 Å². The number of carbonyl (C=O) groups is 1. The van der Waals surface area contributed by atoms with E-state index in [1.165, 1.54) is 0 Å². The molecule has 22 heavy (non-hydrogen) atoms. The van der Waals surface area contributed by atoms with E-state index in [9.17, 15) is 4.79 Å². The van der Waals surface area contributed by atoms with Crippen molar-refractivity contribution in [2.75, 3.05) is 53.1 Å². The lowest BCUT2D eigenvalue weighted by Crippen LogP contribution is -2.55. The van der Waals surface area contributed by atoms with Crippen molar-refractivity contribution < 1.29 is 14.3 Å². The summed E-state index contributed by atoms with van der Waals surface area (Å²) in [6.45, 7) is 5.77. The van der Waals surface area contributed by atoms with Gasteiger partial charge in [-0.3, -0.25) is 9.69 Å². The van der Waals surface area contributed by atoms with E-state index in [2.05, 4.69) is 4.90 Å². The van der Waals surface area contributed by atoms with Crippen LogP contribution in [0.3, 0.4) is 0 Å². The Morgan fingerprint density at radius 3 is 3.18 bits per heavy atom. The fourth-order valence-electron chi connectivity index (χ4n) is 3.41. The number of nitrogens with zero attached hydrogens (tertiary/aromatic N) is 2. The van der Waals surface area contributed by atoms with E-state index < -0.39 is 0 Å². The third-order valence-corrected chi connectivity index (χ3v) is 5.37. The van der Waals surface area contributed by atoms with Gasteiger partial charge in [0.15, 0.2) is 0 Å². The molecule has 0 aromatic carbocycles. The molecule has 2 atom stereocenters. The second kappa shape index (κ2) is 7.55. The van der Waals surface area contributed by atoms with Crippen LogP contribution in [0.25, 0.3) is 0 Å². The highest BCUT2D eigenvalue weighted by Crippen LogP contribution is 2.26. The molecule has 0 radical (unpaired) electrons. The molecule has 2 saturated heterocycles. The Morgan fingerprint density at radius 2 is 2.41 bits per heavy atom. The van der Waals surface area contributed by atoms with Crippen molar-refractivity contribution in [2.24, 2.45) is 5.92 Å². The first kappa shape index (κ1) is 15.9. The van der Waals surface area contributed by atoms with Crippen LogP contribution in [-0.4, -0.2) is 74.9 Å². The summed E-state index contributed by atoms with van der Waals surface area (Å²) in [5.41, 5.74) is 0.816. The number of ether oxygens (including phenoxy) is 2. The number of rotatable bonds is 4. The minimum Gasteiger partial charge on any atom is -0.383 e. The maximum Gasteiger partial charge on any atom is 0.254 e. The predicted molar refractivity (Wildman–Crippen MR) is 86.4 cm³/mol. The van der Waals surface area contributed by atoms with Gasteiger partial charge in [-0.05, 0) is 17.9 Å². The Kier molecular flexibility index (Phi) is 5.46. The molecule has 5 nitrogen and oxygen atoms in total. The van der Waals surface area contributed by atoms with Gasteiger partial charge in [0.1, 0.15) is 0 Å². The summed E-state index contributed by atoms with van der Waals surface area (Å²) in [7, 11) is 1.74. The molecule has 0 bridgehead atoms. The molecule has 2 fully saturated rings. The van der Waals surface area contributed by atoms with Gasteiger partial charge in [-0.2, -0.15) is 11.3 Å². The van der Waals surface area contributed by atoms with Crippen molar-refractivity contribution in [3.8, 4) is 0 Å². The van der Waals surface area contributed by atoms with Crippen LogP contribution in [0.1, 0.15) is 16.8 Å². The van der Waals surface area contributed by atoms with Gasteiger partial charge in [-0.25, -0.2) is 0 Å². The standard InChI is InChI=1S/C16H24N2O3S/c1-20-7-5-17-6-8-21-11-13-2-4-18(10-15(13)17)16(19)14-3-9-22-12-14/h3,9,12-13,15H,2,4-8,10-11H2,1H3/t13-,15-/m1/s1. The molecule has 2 aliphatic heterocycles. The topological polar surface area (TPSA) is 42.0 Å². The Hall–Kier alpha value is -0.950. The number of likely N-dealkylation sites (tertiary alicyclic amines) is 1. The van der Waals surface area contributed by atoms with Crippen molar-refractivity contribution >= 4 is 17.2 Å². The van der Waals surface area contributed by atoms with Crippen LogP contribution < -0.4 is 0 Å². The summed E-state index contributed by atoms with van der Waals surface area (Å²) in [6, 6.07) is 2.30. The van der Waals surface area contributed by atoms with Gasteiger partial charge in [-0.15, -0.1) is 0 Å². The highest BCUT2D eigenvalue weighted by atomic mass is 32.1. The number of hydrogen-bond acceptors (Lipinski definition) is 5. The molecule has 0 saturated carbocycles. The van der Waals surface area contributed by atoms with E-state index in [1.807, 2.05) is 21.7 Å². The Bertz CT molecular complexity index is 480. The number of hydrogen-bond donors (Lipinski definition) is 0. The fraction of sp³-hybridized carbons (Fsp3) is 0.688. The van der Waals surface area contributed by atoms with Gasteiger partial charge < -0.3 is 14.4 Å². The number of methoxy groups -OCH3 is 1. The molecule has 0 aliphatic carbocycles. The van der Waals surface area contributed by atoms with E-state index in [0.717, 1.165) is 58.0 Å². The van der Waals surface area contributed by atoms with Crippen molar-refractivity contribution in [1.82, 2.24) is 9.80 Å². The predicted octanol–water partition coefficient (Wildman–Crippen LogP) is 1.56. The molecule has 0 unspecified atom stereocenters. The molecule has 122 valence electrons. The second-order valence-electron chi connectivity index (χ2n) is 5.98. The van der Waals surface area contributed by atoms with E-state index in [4.69, 9.17) is 9.47 Å². The van der Waals surface area contributed by atoms with E-state index >= 15 is 0 Å². The Morgan fingerprint density at radius 1 is 1.50 bits per heavy atom. The van der Waals surface area contributed by atoms with Gasteiger partial charge in [0.25, 0.3) is 5.91 Å². The van der Waals surface area contributed by atoms with Crippen LogP contribution in [0.15, 0.2) is 16.8 Å². The SMILES string of the molecule is COCCN1CCOC[C@H]2CCN(C(=O)c3ccsc3)C[C@H]21. The van der Waals surface area contributed by atoms with Gasteiger partial charge in [0, 0.05) is 50.6 Å². The van der Waals surface area contributed by atoms with Crippen LogP contribution in [0.4, 0.5) is 0 Å². The molecule has 0 spiro atoms. The largest absolute Gasteiger partial charge is 0.383 e. The third-order valence-electron chi connectivity index (χ3n) is 4.68. The molecule has 6 heteroatoms. The summed E-state index contributed by atoms with van der Waals surface area (Å²) < 4.78 is 11.0. The lowest BCUT2D eigenvalue weighted by atomic mass is 9.91. The zero-order valence-corrected chi connectivity index (χ0v) is 13.9. The average Bonchev–Trinajstić information content (AvgIpc) is 3.01. The van der Waals surface area contributed by atoms with Gasteiger partial charge in [0.05, 0.1) is 25.4 Å². The van der Waals surface area contributed by atoms with Crippen molar-refractivity contribution in [3.63, 3.8) is 0 Å². The molecule has 1 aromatic rings. The summed E-state index contributed by atoms with van der Waals surface area (Å²) in [5, 5.41) is 3.90. The third kappa shape index (κ3) is 3.51. The van der Waals surface area contributed by atoms with Crippen molar-refractivity contribution in [1.29, 1.82) is 0 Å². The van der Waals surface area contributed by atoms with Crippen LogP contribution in [0.5, 0.6) is 0 Å². The fourth-order valence-corrected chi connectivity index (χ4v) is 4.04. The van der Waals surface area contributed by atoms with Crippen LogP contribution in [0, 0.1) is 5.92 Å². The maximum absolute atomic E-state index is 12.6. The van der Waals surface area contributed by atoms with Gasteiger partial charge in [0.2, 0.25) is 0 Å². The van der Waals surface area contributed by atoms with E-state index in [0.29, 0.717) is 12.0 Å². The second-order valence-corrected chi connectivity index (χ2v) is 6.76. The highest BCUT2D eigenvalue weighted by molar-refractivity contribution is 7.08. The quantitative estimate of drug-likeness (QED) is 0.843. The molecule has 3 heterocycles. The lowest BCUT2D eigenvalue weighted by Gasteiger charge is -2.42.